The number of nitrogens with one attached hydrogen (secondary N) is 2. The van der Waals surface area contributed by atoms with E-state index in [-0.39, 0.29) is 10.9 Å². The number of likely N-dealkylation sites (tertiary alicyclic amines) is 1. The number of nitrogens with zero attached hydrogens (tertiary/aromatic N) is 4. The highest BCUT2D eigenvalue weighted by Gasteiger charge is 2.29. The summed E-state index contributed by atoms with van der Waals surface area (Å²) in [5.41, 5.74) is 3.57. The fourth-order valence-corrected chi connectivity index (χ4v) is 5.64. The Bertz CT molecular complexity index is 1460. The van der Waals surface area contributed by atoms with Crippen LogP contribution >= 0.6 is 11.3 Å². The van der Waals surface area contributed by atoms with Crippen molar-refractivity contribution in [2.45, 2.75) is 38.0 Å². The SMILES string of the molecule is N#Cc1cc2cc(CN3CCC(Nc4c(C#N)cnc5sc(CC(F)(F)F)cc45)CC3)ccc2[nH]1. The molecule has 10 heteroatoms. The average molecular weight is 495 g/mol. The summed E-state index contributed by atoms with van der Waals surface area (Å²) in [5, 5.41) is 23.7. The van der Waals surface area contributed by atoms with Crippen LogP contribution in [-0.2, 0) is 13.0 Å². The molecule has 1 aliphatic rings. The van der Waals surface area contributed by atoms with Gasteiger partial charge in [0.25, 0.3) is 0 Å². The van der Waals surface area contributed by atoms with Gasteiger partial charge in [-0.2, -0.15) is 23.7 Å². The van der Waals surface area contributed by atoms with Gasteiger partial charge in [0.05, 0.1) is 17.7 Å². The van der Waals surface area contributed by atoms with E-state index in [0.29, 0.717) is 27.2 Å². The number of rotatable bonds is 5. The number of hydrogen-bond donors (Lipinski definition) is 2. The molecule has 1 aromatic carbocycles. The molecule has 178 valence electrons. The second kappa shape index (κ2) is 9.21. The van der Waals surface area contributed by atoms with Gasteiger partial charge in [-0.15, -0.1) is 11.3 Å². The Morgan fingerprint density at radius 3 is 2.66 bits per heavy atom. The molecule has 1 saturated heterocycles. The first-order valence-electron chi connectivity index (χ1n) is 11.2. The molecule has 0 saturated carbocycles. The first-order chi connectivity index (χ1) is 16.8. The number of nitriles is 2. The topological polar surface area (TPSA) is 91.5 Å². The highest BCUT2D eigenvalue weighted by molar-refractivity contribution is 7.18. The summed E-state index contributed by atoms with van der Waals surface area (Å²) in [5.74, 6) is 0. The quantitative estimate of drug-likeness (QED) is 0.371. The van der Waals surface area contributed by atoms with Crippen molar-refractivity contribution >= 4 is 38.1 Å². The lowest BCUT2D eigenvalue weighted by atomic mass is 10.0. The lowest BCUT2D eigenvalue weighted by Crippen LogP contribution is -2.38. The fraction of sp³-hybridized carbons (Fsp3) is 0.320. The maximum absolute atomic E-state index is 12.9. The zero-order chi connectivity index (χ0) is 24.6. The zero-order valence-electron chi connectivity index (χ0n) is 18.6. The predicted octanol–water partition coefficient (Wildman–Crippen LogP) is 5.70. The molecule has 5 rings (SSSR count). The van der Waals surface area contributed by atoms with Gasteiger partial charge in [-0.05, 0) is 42.7 Å². The molecule has 0 aliphatic carbocycles. The molecule has 0 bridgehead atoms. The van der Waals surface area contributed by atoms with Crippen molar-refractivity contribution in [2.75, 3.05) is 18.4 Å². The third-order valence-corrected chi connectivity index (χ3v) is 7.30. The molecule has 4 heterocycles. The number of pyridine rings is 1. The van der Waals surface area contributed by atoms with Gasteiger partial charge in [0, 0.05) is 53.0 Å². The normalized spacial score (nSPS) is 15.3. The summed E-state index contributed by atoms with van der Waals surface area (Å²) in [6.45, 7) is 2.50. The van der Waals surface area contributed by atoms with E-state index in [1.165, 1.54) is 17.8 Å². The number of aromatic nitrogens is 2. The lowest BCUT2D eigenvalue weighted by molar-refractivity contribution is -0.126. The standard InChI is InChI=1S/C25H21F3N6S/c26-25(27,28)10-20-9-21-23(17(11-29)13-31-24(21)35-20)33-18-3-5-34(6-4-18)14-15-1-2-22-16(7-15)8-19(12-30)32-22/h1-2,7-9,13,18,32H,3-6,10,14H2,(H,31,33). The minimum atomic E-state index is -4.29. The number of H-pyrrole nitrogens is 1. The number of thiophene rings is 1. The third kappa shape index (κ3) is 5.09. The van der Waals surface area contributed by atoms with Gasteiger partial charge in [-0.3, -0.25) is 4.90 Å². The number of anilines is 1. The van der Waals surface area contributed by atoms with E-state index in [0.717, 1.165) is 54.7 Å². The van der Waals surface area contributed by atoms with Gasteiger partial charge >= 0.3 is 6.18 Å². The Balaban J connectivity index is 1.26. The molecule has 1 aliphatic heterocycles. The number of hydrogen-bond acceptors (Lipinski definition) is 6. The Hall–Kier alpha value is -3.60. The van der Waals surface area contributed by atoms with Gasteiger partial charge in [-0.25, -0.2) is 4.98 Å². The minimum Gasteiger partial charge on any atom is -0.381 e. The average Bonchev–Trinajstić information content (AvgIpc) is 3.42. The maximum Gasteiger partial charge on any atom is 0.393 e. The summed E-state index contributed by atoms with van der Waals surface area (Å²) in [6, 6.07) is 13.9. The van der Waals surface area contributed by atoms with Crippen LogP contribution in [0.1, 0.15) is 34.5 Å². The van der Waals surface area contributed by atoms with Crippen LogP contribution in [0.4, 0.5) is 18.9 Å². The second-order valence-corrected chi connectivity index (χ2v) is 9.91. The van der Waals surface area contributed by atoms with Crippen LogP contribution in [0.5, 0.6) is 0 Å². The van der Waals surface area contributed by atoms with E-state index < -0.39 is 12.6 Å². The van der Waals surface area contributed by atoms with Crippen LogP contribution in [0.2, 0.25) is 0 Å². The predicted molar refractivity (Wildman–Crippen MR) is 129 cm³/mol. The van der Waals surface area contributed by atoms with Gasteiger partial charge in [0.1, 0.15) is 22.7 Å². The number of alkyl halides is 3. The Morgan fingerprint density at radius 1 is 1.14 bits per heavy atom. The summed E-state index contributed by atoms with van der Waals surface area (Å²) >= 11 is 1.02. The van der Waals surface area contributed by atoms with Crippen molar-refractivity contribution in [1.29, 1.82) is 10.5 Å². The van der Waals surface area contributed by atoms with Crippen LogP contribution in [0.15, 0.2) is 36.5 Å². The first kappa shape index (κ1) is 23.2. The molecule has 6 nitrogen and oxygen atoms in total. The smallest absolute Gasteiger partial charge is 0.381 e. The third-order valence-electron chi connectivity index (χ3n) is 6.26. The minimum absolute atomic E-state index is 0.111. The molecular weight excluding hydrogens is 473 g/mol. The largest absolute Gasteiger partial charge is 0.393 e. The highest BCUT2D eigenvalue weighted by Crippen LogP contribution is 2.36. The van der Waals surface area contributed by atoms with Crippen LogP contribution in [0.3, 0.4) is 0 Å². The van der Waals surface area contributed by atoms with Crippen LogP contribution in [0, 0.1) is 22.7 Å². The van der Waals surface area contributed by atoms with E-state index in [4.69, 9.17) is 5.26 Å². The van der Waals surface area contributed by atoms with Crippen molar-refractivity contribution < 1.29 is 13.2 Å². The molecule has 1 fully saturated rings. The Kier molecular flexibility index (Phi) is 6.10. The zero-order valence-corrected chi connectivity index (χ0v) is 19.4. The molecule has 3 aromatic heterocycles. The molecule has 35 heavy (non-hydrogen) atoms. The van der Waals surface area contributed by atoms with E-state index in [1.54, 1.807) is 0 Å². The summed E-state index contributed by atoms with van der Waals surface area (Å²) in [6.07, 6.45) is -2.16. The van der Waals surface area contributed by atoms with E-state index in [9.17, 15) is 18.4 Å². The number of piperidine rings is 1. The van der Waals surface area contributed by atoms with Crippen LogP contribution < -0.4 is 5.32 Å². The van der Waals surface area contributed by atoms with E-state index in [1.807, 2.05) is 12.1 Å². The van der Waals surface area contributed by atoms with Crippen LogP contribution in [0.25, 0.3) is 21.1 Å². The Morgan fingerprint density at radius 2 is 1.94 bits per heavy atom. The molecule has 0 unspecified atom stereocenters. The molecular formula is C25H21F3N6S. The number of halogens is 3. The van der Waals surface area contributed by atoms with Gasteiger partial charge in [-0.1, -0.05) is 6.07 Å². The summed E-state index contributed by atoms with van der Waals surface area (Å²) in [7, 11) is 0. The first-order valence-corrected chi connectivity index (χ1v) is 12.0. The lowest BCUT2D eigenvalue weighted by Gasteiger charge is -2.33. The van der Waals surface area contributed by atoms with Crippen molar-refractivity contribution in [3.05, 3.63) is 58.2 Å². The number of benzene rings is 1. The monoisotopic (exact) mass is 494 g/mol. The fourth-order valence-electron chi connectivity index (χ4n) is 4.60. The molecule has 0 amide bonds. The van der Waals surface area contributed by atoms with Crippen molar-refractivity contribution in [3.63, 3.8) is 0 Å². The van der Waals surface area contributed by atoms with Crippen molar-refractivity contribution in [2.24, 2.45) is 0 Å². The molecule has 2 N–H and O–H groups in total. The number of aromatic amines is 1. The van der Waals surface area contributed by atoms with E-state index >= 15 is 0 Å². The van der Waals surface area contributed by atoms with Crippen molar-refractivity contribution in [1.82, 2.24) is 14.9 Å². The molecule has 0 spiro atoms. The van der Waals surface area contributed by atoms with Gasteiger partial charge < -0.3 is 10.3 Å². The Labute approximate surface area is 203 Å². The molecule has 0 radical (unpaired) electrons. The summed E-state index contributed by atoms with van der Waals surface area (Å²) in [4.78, 5) is 10.3. The summed E-state index contributed by atoms with van der Waals surface area (Å²) < 4.78 is 38.6. The maximum atomic E-state index is 12.9. The number of fused-ring (bicyclic) bond motifs is 2. The molecule has 4 aromatic rings. The van der Waals surface area contributed by atoms with Gasteiger partial charge in [0.15, 0.2) is 0 Å². The van der Waals surface area contributed by atoms with Crippen LogP contribution in [-0.4, -0.2) is 40.2 Å². The van der Waals surface area contributed by atoms with Gasteiger partial charge in [0.2, 0.25) is 0 Å². The van der Waals surface area contributed by atoms with E-state index in [2.05, 4.69) is 44.5 Å². The van der Waals surface area contributed by atoms with Crippen molar-refractivity contribution in [3.8, 4) is 12.1 Å². The second-order valence-electron chi connectivity index (χ2n) is 8.79. The molecule has 0 atom stereocenters. The highest BCUT2D eigenvalue weighted by atomic mass is 32.1.